The molecule has 1 aliphatic heterocycles. The van der Waals surface area contributed by atoms with Gasteiger partial charge in [-0.15, -0.1) is 0 Å². The number of piperidine rings is 1. The number of ether oxygens (including phenoxy) is 1. The van der Waals surface area contributed by atoms with E-state index in [-0.39, 0.29) is 17.7 Å². The summed E-state index contributed by atoms with van der Waals surface area (Å²) in [7, 11) is 1.60. The third kappa shape index (κ3) is 3.50. The lowest BCUT2D eigenvalue weighted by Gasteiger charge is -2.31. The van der Waals surface area contributed by atoms with Crippen molar-refractivity contribution in [1.82, 2.24) is 4.90 Å². The molecule has 2 rings (SSSR count). The average Bonchev–Trinajstić information content (AvgIpc) is 2.47. The molecule has 5 nitrogen and oxygen atoms in total. The molecule has 2 N–H and O–H groups in total. The number of hydrogen-bond donors (Lipinski definition) is 1. The number of primary amides is 1. The Labute approximate surface area is 118 Å². The first kappa shape index (κ1) is 14.4. The molecule has 0 radical (unpaired) electrons. The summed E-state index contributed by atoms with van der Waals surface area (Å²) in [6.45, 7) is 1.14. The molecular weight excluding hydrogens is 256 g/mol. The van der Waals surface area contributed by atoms with Gasteiger partial charge in [0.25, 0.3) is 0 Å². The lowest BCUT2D eigenvalue weighted by molar-refractivity contribution is -0.134. The second-order valence-electron chi connectivity index (χ2n) is 5.11. The van der Waals surface area contributed by atoms with E-state index < -0.39 is 0 Å². The van der Waals surface area contributed by atoms with E-state index in [2.05, 4.69) is 0 Å². The van der Waals surface area contributed by atoms with Crippen molar-refractivity contribution in [3.8, 4) is 5.75 Å². The van der Waals surface area contributed by atoms with Gasteiger partial charge in [-0.1, -0.05) is 12.1 Å². The van der Waals surface area contributed by atoms with Crippen LogP contribution in [-0.4, -0.2) is 36.9 Å². The topological polar surface area (TPSA) is 72.6 Å². The van der Waals surface area contributed by atoms with Crippen molar-refractivity contribution < 1.29 is 14.3 Å². The Morgan fingerprint density at radius 3 is 2.95 bits per heavy atom. The SMILES string of the molecule is COc1cccc(CC(=O)N2CCCC(C(N)=O)C2)c1. The molecule has 0 saturated carbocycles. The van der Waals surface area contributed by atoms with Gasteiger partial charge in [0, 0.05) is 13.1 Å². The second kappa shape index (κ2) is 6.41. The summed E-state index contributed by atoms with van der Waals surface area (Å²) in [5.74, 6) is 0.245. The van der Waals surface area contributed by atoms with Crippen molar-refractivity contribution in [2.75, 3.05) is 20.2 Å². The van der Waals surface area contributed by atoms with Crippen LogP contribution in [-0.2, 0) is 16.0 Å². The molecule has 1 unspecified atom stereocenters. The van der Waals surface area contributed by atoms with Crippen molar-refractivity contribution in [3.63, 3.8) is 0 Å². The first-order valence-electron chi connectivity index (χ1n) is 6.80. The minimum Gasteiger partial charge on any atom is -0.497 e. The van der Waals surface area contributed by atoms with Gasteiger partial charge in [-0.3, -0.25) is 9.59 Å². The molecule has 1 fully saturated rings. The highest BCUT2D eigenvalue weighted by Gasteiger charge is 2.26. The first-order chi connectivity index (χ1) is 9.60. The Morgan fingerprint density at radius 1 is 1.45 bits per heavy atom. The van der Waals surface area contributed by atoms with E-state index in [0.29, 0.717) is 19.5 Å². The van der Waals surface area contributed by atoms with E-state index in [9.17, 15) is 9.59 Å². The lowest BCUT2D eigenvalue weighted by Crippen LogP contribution is -2.44. The zero-order valence-corrected chi connectivity index (χ0v) is 11.7. The largest absolute Gasteiger partial charge is 0.497 e. The minimum atomic E-state index is -0.316. The number of carbonyl (C=O) groups excluding carboxylic acids is 2. The second-order valence-corrected chi connectivity index (χ2v) is 5.11. The number of benzene rings is 1. The number of methoxy groups -OCH3 is 1. The van der Waals surface area contributed by atoms with Crippen LogP contribution in [0.15, 0.2) is 24.3 Å². The van der Waals surface area contributed by atoms with Gasteiger partial charge < -0.3 is 15.4 Å². The van der Waals surface area contributed by atoms with Crippen LogP contribution < -0.4 is 10.5 Å². The molecule has 20 heavy (non-hydrogen) atoms. The van der Waals surface area contributed by atoms with Gasteiger partial charge in [-0.25, -0.2) is 0 Å². The van der Waals surface area contributed by atoms with E-state index in [4.69, 9.17) is 10.5 Å². The lowest BCUT2D eigenvalue weighted by atomic mass is 9.97. The van der Waals surface area contributed by atoms with Crippen molar-refractivity contribution in [3.05, 3.63) is 29.8 Å². The molecule has 1 aromatic rings. The quantitative estimate of drug-likeness (QED) is 0.890. The highest BCUT2D eigenvalue weighted by Crippen LogP contribution is 2.18. The van der Waals surface area contributed by atoms with Gasteiger partial charge in [-0.2, -0.15) is 0 Å². The molecule has 0 aliphatic carbocycles. The predicted molar refractivity (Wildman–Crippen MR) is 75.2 cm³/mol. The zero-order valence-electron chi connectivity index (χ0n) is 11.7. The number of likely N-dealkylation sites (tertiary alicyclic amines) is 1. The van der Waals surface area contributed by atoms with Crippen molar-refractivity contribution >= 4 is 11.8 Å². The Morgan fingerprint density at radius 2 is 2.25 bits per heavy atom. The number of nitrogens with two attached hydrogens (primary N) is 1. The average molecular weight is 276 g/mol. The third-order valence-corrected chi connectivity index (χ3v) is 3.67. The van der Waals surface area contributed by atoms with E-state index in [1.807, 2.05) is 24.3 Å². The standard InChI is InChI=1S/C15H20N2O3/c1-20-13-6-2-4-11(8-13)9-14(18)17-7-3-5-12(10-17)15(16)19/h2,4,6,8,12H,3,5,7,9-10H2,1H3,(H2,16,19). The zero-order chi connectivity index (χ0) is 14.5. The molecule has 5 heteroatoms. The van der Waals surface area contributed by atoms with Crippen molar-refractivity contribution in [1.29, 1.82) is 0 Å². The number of amides is 2. The normalized spacial score (nSPS) is 18.6. The van der Waals surface area contributed by atoms with E-state index >= 15 is 0 Å². The van der Waals surface area contributed by atoms with Crippen LogP contribution in [0.4, 0.5) is 0 Å². The molecular formula is C15H20N2O3. The molecule has 1 atom stereocenters. The van der Waals surface area contributed by atoms with Crippen LogP contribution >= 0.6 is 0 Å². The molecule has 1 saturated heterocycles. The van der Waals surface area contributed by atoms with Crippen LogP contribution in [0.2, 0.25) is 0 Å². The van der Waals surface area contributed by atoms with Crippen LogP contribution in [0.5, 0.6) is 5.75 Å². The number of hydrogen-bond acceptors (Lipinski definition) is 3. The van der Waals surface area contributed by atoms with Crippen molar-refractivity contribution in [2.45, 2.75) is 19.3 Å². The number of carbonyl (C=O) groups is 2. The molecule has 1 aliphatic rings. The van der Waals surface area contributed by atoms with E-state index in [1.165, 1.54) is 0 Å². The molecule has 0 bridgehead atoms. The molecule has 1 aromatic carbocycles. The van der Waals surface area contributed by atoms with Crippen LogP contribution in [0.1, 0.15) is 18.4 Å². The molecule has 2 amide bonds. The van der Waals surface area contributed by atoms with Gasteiger partial charge in [0.15, 0.2) is 0 Å². The predicted octanol–water partition coefficient (Wildman–Crippen LogP) is 0.962. The molecule has 108 valence electrons. The molecule has 0 spiro atoms. The van der Waals surface area contributed by atoms with Gasteiger partial charge in [0.1, 0.15) is 5.75 Å². The third-order valence-electron chi connectivity index (χ3n) is 3.67. The maximum Gasteiger partial charge on any atom is 0.227 e. The maximum absolute atomic E-state index is 12.3. The summed E-state index contributed by atoms with van der Waals surface area (Å²) in [6.07, 6.45) is 1.93. The van der Waals surface area contributed by atoms with Gasteiger partial charge in [-0.05, 0) is 30.5 Å². The van der Waals surface area contributed by atoms with E-state index in [0.717, 1.165) is 24.2 Å². The fourth-order valence-corrected chi connectivity index (χ4v) is 2.50. The van der Waals surface area contributed by atoms with Gasteiger partial charge in [0.05, 0.1) is 19.4 Å². The fourth-order valence-electron chi connectivity index (χ4n) is 2.50. The smallest absolute Gasteiger partial charge is 0.227 e. The summed E-state index contributed by atoms with van der Waals surface area (Å²) in [5.41, 5.74) is 6.24. The molecule has 0 aromatic heterocycles. The Kier molecular flexibility index (Phi) is 4.61. The summed E-state index contributed by atoms with van der Waals surface area (Å²) >= 11 is 0. The van der Waals surface area contributed by atoms with E-state index in [1.54, 1.807) is 12.0 Å². The van der Waals surface area contributed by atoms with Crippen LogP contribution in [0, 0.1) is 5.92 Å². The van der Waals surface area contributed by atoms with Crippen LogP contribution in [0.25, 0.3) is 0 Å². The summed E-state index contributed by atoms with van der Waals surface area (Å²) < 4.78 is 5.14. The van der Waals surface area contributed by atoms with Crippen molar-refractivity contribution in [2.24, 2.45) is 11.7 Å². The Hall–Kier alpha value is -2.04. The highest BCUT2D eigenvalue weighted by molar-refractivity contribution is 5.81. The highest BCUT2D eigenvalue weighted by atomic mass is 16.5. The number of nitrogens with zero attached hydrogens (tertiary/aromatic N) is 1. The first-order valence-corrected chi connectivity index (χ1v) is 6.80. The van der Waals surface area contributed by atoms with Crippen LogP contribution in [0.3, 0.4) is 0 Å². The summed E-state index contributed by atoms with van der Waals surface area (Å²) in [4.78, 5) is 25.2. The maximum atomic E-state index is 12.3. The Bertz CT molecular complexity index is 502. The monoisotopic (exact) mass is 276 g/mol. The number of rotatable bonds is 4. The molecule has 1 heterocycles. The summed E-state index contributed by atoms with van der Waals surface area (Å²) in [5, 5.41) is 0. The van der Waals surface area contributed by atoms with Gasteiger partial charge in [0.2, 0.25) is 11.8 Å². The summed E-state index contributed by atoms with van der Waals surface area (Å²) in [6, 6.07) is 7.46. The fraction of sp³-hybridized carbons (Fsp3) is 0.467. The van der Waals surface area contributed by atoms with Gasteiger partial charge >= 0.3 is 0 Å². The minimum absolute atomic E-state index is 0.0317. The Balaban J connectivity index is 1.98.